The molecule has 1 heteroatoms. The Hall–Kier alpha value is -0.850. The normalized spacial score (nSPS) is 33.2. The fourth-order valence-electron chi connectivity index (χ4n) is 4.87. The van der Waals surface area contributed by atoms with E-state index in [4.69, 9.17) is 0 Å². The van der Waals surface area contributed by atoms with Crippen molar-refractivity contribution in [2.45, 2.75) is 70.6 Å². The highest BCUT2D eigenvalue weighted by Crippen LogP contribution is 2.46. The van der Waals surface area contributed by atoms with Gasteiger partial charge in [-0.15, -0.1) is 0 Å². The zero-order valence-electron chi connectivity index (χ0n) is 13.4. The highest BCUT2D eigenvalue weighted by molar-refractivity contribution is 5.21. The van der Waals surface area contributed by atoms with Gasteiger partial charge >= 0.3 is 0 Å². The standard InChI is InChI=1S/C20H29F/c1-2-3-15-4-5-19(14-15)18-8-6-16(7-9-18)17-10-12-20(21)13-11-17/h10-13,15-16,18-19H,2-9,14H2,1H3. The van der Waals surface area contributed by atoms with Gasteiger partial charge in [0.2, 0.25) is 0 Å². The minimum atomic E-state index is -0.111. The maximum atomic E-state index is 13.0. The molecule has 0 heterocycles. The first kappa shape index (κ1) is 15.1. The van der Waals surface area contributed by atoms with Crippen molar-refractivity contribution in [2.24, 2.45) is 17.8 Å². The van der Waals surface area contributed by atoms with Crippen LogP contribution in [-0.2, 0) is 0 Å². The summed E-state index contributed by atoms with van der Waals surface area (Å²) >= 11 is 0. The number of hydrogen-bond donors (Lipinski definition) is 0. The molecule has 2 saturated carbocycles. The third kappa shape index (κ3) is 3.67. The molecule has 2 aliphatic rings. The van der Waals surface area contributed by atoms with Crippen LogP contribution in [0.1, 0.15) is 76.2 Å². The van der Waals surface area contributed by atoms with Gasteiger partial charge in [-0.1, -0.05) is 38.3 Å². The van der Waals surface area contributed by atoms with E-state index in [0.717, 1.165) is 17.8 Å². The minimum absolute atomic E-state index is 0.111. The quantitative estimate of drug-likeness (QED) is 0.608. The first-order valence-electron chi connectivity index (χ1n) is 9.01. The van der Waals surface area contributed by atoms with E-state index in [1.54, 1.807) is 12.1 Å². The van der Waals surface area contributed by atoms with Gasteiger partial charge in [-0.25, -0.2) is 4.39 Å². The van der Waals surface area contributed by atoms with E-state index in [1.165, 1.54) is 63.4 Å². The van der Waals surface area contributed by atoms with E-state index in [2.05, 4.69) is 6.92 Å². The van der Waals surface area contributed by atoms with E-state index in [1.807, 2.05) is 12.1 Å². The molecular formula is C20H29F. The maximum Gasteiger partial charge on any atom is 0.123 e. The van der Waals surface area contributed by atoms with Crippen molar-refractivity contribution in [1.29, 1.82) is 0 Å². The second-order valence-electron chi connectivity index (χ2n) is 7.39. The Morgan fingerprint density at radius 3 is 2.24 bits per heavy atom. The lowest BCUT2D eigenvalue weighted by Gasteiger charge is -2.32. The molecule has 0 spiro atoms. The monoisotopic (exact) mass is 288 g/mol. The van der Waals surface area contributed by atoms with E-state index in [-0.39, 0.29) is 5.82 Å². The van der Waals surface area contributed by atoms with Crippen LogP contribution in [0.2, 0.25) is 0 Å². The molecule has 0 saturated heterocycles. The molecule has 2 atom stereocenters. The van der Waals surface area contributed by atoms with Crippen molar-refractivity contribution in [2.75, 3.05) is 0 Å². The summed E-state index contributed by atoms with van der Waals surface area (Å²) in [5.74, 6) is 3.57. The van der Waals surface area contributed by atoms with Crippen LogP contribution >= 0.6 is 0 Å². The number of rotatable bonds is 4. The lowest BCUT2D eigenvalue weighted by Crippen LogP contribution is -2.19. The topological polar surface area (TPSA) is 0 Å². The molecule has 2 fully saturated rings. The van der Waals surface area contributed by atoms with Gasteiger partial charge in [-0.05, 0) is 79.9 Å². The lowest BCUT2D eigenvalue weighted by atomic mass is 9.73. The summed E-state index contributed by atoms with van der Waals surface area (Å²) in [6.07, 6.45) is 12.7. The van der Waals surface area contributed by atoms with Crippen LogP contribution in [0.15, 0.2) is 24.3 Å². The van der Waals surface area contributed by atoms with Crippen molar-refractivity contribution < 1.29 is 4.39 Å². The molecule has 0 aliphatic heterocycles. The Kier molecular flexibility index (Phi) is 4.98. The summed E-state index contributed by atoms with van der Waals surface area (Å²) in [6.45, 7) is 2.32. The highest BCUT2D eigenvalue weighted by Gasteiger charge is 2.33. The molecule has 21 heavy (non-hydrogen) atoms. The molecule has 0 bridgehead atoms. The van der Waals surface area contributed by atoms with Crippen LogP contribution in [0, 0.1) is 23.6 Å². The molecule has 0 nitrogen and oxygen atoms in total. The summed E-state index contributed by atoms with van der Waals surface area (Å²) in [4.78, 5) is 0. The number of halogens is 1. The first-order chi connectivity index (χ1) is 10.3. The summed E-state index contributed by atoms with van der Waals surface area (Å²) < 4.78 is 13.0. The van der Waals surface area contributed by atoms with E-state index >= 15 is 0 Å². The zero-order chi connectivity index (χ0) is 14.7. The van der Waals surface area contributed by atoms with Crippen molar-refractivity contribution in [3.8, 4) is 0 Å². The fraction of sp³-hybridized carbons (Fsp3) is 0.700. The SMILES string of the molecule is CCCC1CCC(C2CCC(c3ccc(F)cc3)CC2)C1. The van der Waals surface area contributed by atoms with Crippen molar-refractivity contribution in [3.05, 3.63) is 35.6 Å². The van der Waals surface area contributed by atoms with Gasteiger partial charge in [0.25, 0.3) is 0 Å². The molecule has 1 aromatic carbocycles. The maximum absolute atomic E-state index is 13.0. The third-order valence-electron chi connectivity index (χ3n) is 6.06. The number of hydrogen-bond acceptors (Lipinski definition) is 0. The number of benzene rings is 1. The van der Waals surface area contributed by atoms with Gasteiger partial charge in [0.1, 0.15) is 5.82 Å². The van der Waals surface area contributed by atoms with Gasteiger partial charge in [-0.2, -0.15) is 0 Å². The van der Waals surface area contributed by atoms with Crippen LogP contribution in [0.4, 0.5) is 4.39 Å². The highest BCUT2D eigenvalue weighted by atomic mass is 19.1. The fourth-order valence-corrected chi connectivity index (χ4v) is 4.87. The second kappa shape index (κ2) is 6.94. The van der Waals surface area contributed by atoms with E-state index in [0.29, 0.717) is 5.92 Å². The average Bonchev–Trinajstić information content (AvgIpc) is 2.97. The second-order valence-corrected chi connectivity index (χ2v) is 7.39. The predicted molar refractivity (Wildman–Crippen MR) is 86.8 cm³/mol. The van der Waals surface area contributed by atoms with Crippen LogP contribution in [0.3, 0.4) is 0 Å². The molecule has 0 aromatic heterocycles. The molecular weight excluding hydrogens is 259 g/mol. The molecule has 0 amide bonds. The molecule has 116 valence electrons. The minimum Gasteiger partial charge on any atom is -0.207 e. The van der Waals surface area contributed by atoms with Gasteiger partial charge in [0, 0.05) is 0 Å². The summed E-state index contributed by atoms with van der Waals surface area (Å²) in [5, 5.41) is 0. The molecule has 0 N–H and O–H groups in total. The van der Waals surface area contributed by atoms with Gasteiger partial charge < -0.3 is 0 Å². The average molecular weight is 288 g/mol. The smallest absolute Gasteiger partial charge is 0.123 e. The lowest BCUT2D eigenvalue weighted by molar-refractivity contribution is 0.229. The molecule has 1 aromatic rings. The van der Waals surface area contributed by atoms with Crippen molar-refractivity contribution in [1.82, 2.24) is 0 Å². The van der Waals surface area contributed by atoms with Crippen LogP contribution in [-0.4, -0.2) is 0 Å². The summed E-state index contributed by atoms with van der Waals surface area (Å²) in [7, 11) is 0. The van der Waals surface area contributed by atoms with E-state index in [9.17, 15) is 4.39 Å². The third-order valence-corrected chi connectivity index (χ3v) is 6.06. The van der Waals surface area contributed by atoms with Crippen LogP contribution in [0.5, 0.6) is 0 Å². The van der Waals surface area contributed by atoms with Gasteiger partial charge in [0.15, 0.2) is 0 Å². The Bertz CT molecular complexity index is 428. The molecule has 0 radical (unpaired) electrons. The van der Waals surface area contributed by atoms with Crippen molar-refractivity contribution in [3.63, 3.8) is 0 Å². The van der Waals surface area contributed by atoms with Gasteiger partial charge in [-0.3, -0.25) is 0 Å². The van der Waals surface area contributed by atoms with Crippen LogP contribution in [0.25, 0.3) is 0 Å². The molecule has 2 unspecified atom stereocenters. The molecule has 2 aliphatic carbocycles. The van der Waals surface area contributed by atoms with E-state index < -0.39 is 0 Å². The Balaban J connectivity index is 1.50. The Morgan fingerprint density at radius 1 is 0.905 bits per heavy atom. The van der Waals surface area contributed by atoms with Gasteiger partial charge in [0.05, 0.1) is 0 Å². The predicted octanol–water partition coefficient (Wildman–Crippen LogP) is 6.32. The Morgan fingerprint density at radius 2 is 1.57 bits per heavy atom. The van der Waals surface area contributed by atoms with Crippen molar-refractivity contribution >= 4 is 0 Å². The van der Waals surface area contributed by atoms with Crippen LogP contribution < -0.4 is 0 Å². The zero-order valence-corrected chi connectivity index (χ0v) is 13.4. The Labute approximate surface area is 129 Å². The molecule has 3 rings (SSSR count). The summed E-state index contributed by atoms with van der Waals surface area (Å²) in [6, 6.07) is 7.22. The summed E-state index contributed by atoms with van der Waals surface area (Å²) in [5.41, 5.74) is 1.35. The largest absolute Gasteiger partial charge is 0.207 e. The first-order valence-corrected chi connectivity index (χ1v) is 9.01.